The topological polar surface area (TPSA) is 97.7 Å². The Bertz CT molecular complexity index is 1050. The minimum absolute atomic E-state index is 0.0731. The minimum atomic E-state index is -0.584. The van der Waals surface area contributed by atoms with E-state index in [4.69, 9.17) is 14.2 Å². The molecule has 2 aromatic carbocycles. The first-order valence-corrected chi connectivity index (χ1v) is 9.23. The first-order chi connectivity index (χ1) is 15.0. The van der Waals surface area contributed by atoms with Crippen LogP contribution in [0.2, 0.25) is 0 Å². The first kappa shape index (κ1) is 23.0. The largest absolute Gasteiger partial charge is 0.497 e. The molecule has 31 heavy (non-hydrogen) atoms. The molecule has 7 nitrogen and oxygen atoms in total. The molecule has 2 aromatic rings. The van der Waals surface area contributed by atoms with E-state index in [1.807, 2.05) is 18.2 Å². The number of esters is 1. The van der Waals surface area contributed by atoms with Gasteiger partial charge in [0.1, 0.15) is 17.4 Å². The van der Waals surface area contributed by atoms with Crippen LogP contribution in [0.1, 0.15) is 11.1 Å². The van der Waals surface area contributed by atoms with Crippen molar-refractivity contribution in [2.45, 2.75) is 0 Å². The predicted octanol–water partition coefficient (Wildman–Crippen LogP) is 3.53. The zero-order chi connectivity index (χ0) is 22.6. The molecule has 1 amide bonds. The van der Waals surface area contributed by atoms with Gasteiger partial charge in [-0.25, -0.2) is 4.79 Å². The second-order valence-electron chi connectivity index (χ2n) is 6.11. The maximum Gasteiger partial charge on any atom is 0.336 e. The van der Waals surface area contributed by atoms with E-state index < -0.39 is 11.9 Å². The summed E-state index contributed by atoms with van der Waals surface area (Å²) in [6.45, 7) is 3.76. The Morgan fingerprint density at radius 1 is 1.06 bits per heavy atom. The second-order valence-corrected chi connectivity index (χ2v) is 6.11. The number of methoxy groups -OCH3 is 2. The van der Waals surface area contributed by atoms with Gasteiger partial charge in [-0.05, 0) is 47.5 Å². The Morgan fingerprint density at radius 3 is 2.39 bits per heavy atom. The van der Waals surface area contributed by atoms with Gasteiger partial charge in [0.2, 0.25) is 0 Å². The Morgan fingerprint density at radius 2 is 1.77 bits per heavy atom. The maximum absolute atomic E-state index is 12.2. The third-order valence-electron chi connectivity index (χ3n) is 4.01. The molecule has 0 bridgehead atoms. The number of hydrogen-bond donors (Lipinski definition) is 1. The summed E-state index contributed by atoms with van der Waals surface area (Å²) < 4.78 is 15.7. The molecule has 0 saturated carbocycles. The van der Waals surface area contributed by atoms with Gasteiger partial charge in [-0.2, -0.15) is 5.26 Å². The van der Waals surface area contributed by atoms with Crippen LogP contribution in [0, 0.1) is 11.3 Å². The van der Waals surface area contributed by atoms with Gasteiger partial charge < -0.3 is 19.5 Å². The Balaban J connectivity index is 2.13. The average molecular weight is 418 g/mol. The zero-order valence-corrected chi connectivity index (χ0v) is 17.3. The molecule has 0 aromatic heterocycles. The van der Waals surface area contributed by atoms with Gasteiger partial charge in [-0.1, -0.05) is 24.3 Å². The minimum Gasteiger partial charge on any atom is -0.497 e. The van der Waals surface area contributed by atoms with Crippen LogP contribution in [0.25, 0.3) is 12.2 Å². The van der Waals surface area contributed by atoms with Crippen molar-refractivity contribution in [1.82, 2.24) is 5.32 Å². The molecular weight excluding hydrogens is 396 g/mol. The van der Waals surface area contributed by atoms with E-state index in [0.29, 0.717) is 5.56 Å². The average Bonchev–Trinajstić information content (AvgIpc) is 2.80. The maximum atomic E-state index is 12.2. The third-order valence-corrected chi connectivity index (χ3v) is 4.01. The number of hydrogen-bond acceptors (Lipinski definition) is 6. The number of carbonyl (C=O) groups excluding carboxylic acids is 2. The van der Waals surface area contributed by atoms with Crippen molar-refractivity contribution in [1.29, 1.82) is 5.26 Å². The van der Waals surface area contributed by atoms with Crippen molar-refractivity contribution in [3.05, 3.63) is 77.9 Å². The van der Waals surface area contributed by atoms with E-state index in [-0.39, 0.29) is 23.6 Å². The molecule has 0 aliphatic heterocycles. The van der Waals surface area contributed by atoms with Gasteiger partial charge in [-0.3, -0.25) is 4.79 Å². The lowest BCUT2D eigenvalue weighted by Gasteiger charge is -2.09. The van der Waals surface area contributed by atoms with Crippen LogP contribution in [0.3, 0.4) is 0 Å². The molecule has 0 heterocycles. The molecule has 7 heteroatoms. The molecule has 0 spiro atoms. The molecule has 0 aliphatic carbocycles. The molecule has 158 valence electrons. The lowest BCUT2D eigenvalue weighted by Crippen LogP contribution is -2.24. The van der Waals surface area contributed by atoms with E-state index in [0.717, 1.165) is 11.3 Å². The monoisotopic (exact) mass is 418 g/mol. The Labute approximate surface area is 180 Å². The van der Waals surface area contributed by atoms with Gasteiger partial charge in [0.25, 0.3) is 5.91 Å². The summed E-state index contributed by atoms with van der Waals surface area (Å²) in [5.74, 6) is 0.109. The molecule has 0 fully saturated rings. The number of nitriles is 1. The number of benzene rings is 2. The fourth-order valence-corrected chi connectivity index (χ4v) is 2.46. The van der Waals surface area contributed by atoms with E-state index in [1.165, 1.54) is 31.4 Å². The normalized spacial score (nSPS) is 10.8. The molecule has 0 radical (unpaired) electrons. The fraction of sp³-hybridized carbons (Fsp3) is 0.125. The molecule has 0 aliphatic rings. The van der Waals surface area contributed by atoms with Crippen molar-refractivity contribution < 1.29 is 23.8 Å². The van der Waals surface area contributed by atoms with Crippen LogP contribution in [-0.2, 0) is 9.59 Å². The summed E-state index contributed by atoms with van der Waals surface area (Å²) in [6, 6.07) is 13.7. The molecule has 2 rings (SSSR count). The second kappa shape index (κ2) is 11.6. The predicted molar refractivity (Wildman–Crippen MR) is 117 cm³/mol. The van der Waals surface area contributed by atoms with E-state index >= 15 is 0 Å². The number of nitrogens with zero attached hydrogens (tertiary/aromatic N) is 1. The third kappa shape index (κ3) is 6.91. The van der Waals surface area contributed by atoms with Crippen molar-refractivity contribution >= 4 is 24.0 Å². The number of rotatable bonds is 9. The van der Waals surface area contributed by atoms with Gasteiger partial charge in [0.05, 0.1) is 14.2 Å². The Hall–Kier alpha value is -4.31. The van der Waals surface area contributed by atoms with Crippen LogP contribution in [0.4, 0.5) is 0 Å². The van der Waals surface area contributed by atoms with Gasteiger partial charge >= 0.3 is 5.97 Å². The standard InChI is InChI=1S/C24H22N2O5/c1-4-13-26-24(28)19(16-25)14-18-7-11-21(22(15-18)30-3)31-23(27)12-8-17-5-9-20(29-2)10-6-17/h4-12,14-15H,1,13H2,2-3H3,(H,26,28). The highest BCUT2D eigenvalue weighted by Gasteiger charge is 2.11. The van der Waals surface area contributed by atoms with Crippen molar-refractivity contribution in [2.24, 2.45) is 0 Å². The molecule has 1 N–H and O–H groups in total. The van der Waals surface area contributed by atoms with E-state index in [9.17, 15) is 14.9 Å². The smallest absolute Gasteiger partial charge is 0.336 e. The number of amides is 1. The van der Waals surface area contributed by atoms with E-state index in [2.05, 4.69) is 11.9 Å². The van der Waals surface area contributed by atoms with Gasteiger partial charge in [-0.15, -0.1) is 6.58 Å². The fourth-order valence-electron chi connectivity index (χ4n) is 2.46. The summed E-state index contributed by atoms with van der Waals surface area (Å²) in [4.78, 5) is 24.1. The van der Waals surface area contributed by atoms with E-state index in [1.54, 1.807) is 37.5 Å². The summed E-state index contributed by atoms with van der Waals surface area (Å²) in [5, 5.41) is 11.8. The van der Waals surface area contributed by atoms with Crippen LogP contribution < -0.4 is 19.5 Å². The van der Waals surface area contributed by atoms with Gasteiger partial charge in [0.15, 0.2) is 11.5 Å². The molecule has 0 saturated heterocycles. The lowest BCUT2D eigenvalue weighted by molar-refractivity contribution is -0.129. The summed E-state index contributed by atoms with van der Waals surface area (Å²) in [5.41, 5.74) is 1.27. The number of nitrogens with one attached hydrogen (secondary N) is 1. The van der Waals surface area contributed by atoms with Crippen molar-refractivity contribution in [3.8, 4) is 23.3 Å². The van der Waals surface area contributed by atoms with Crippen LogP contribution >= 0.6 is 0 Å². The van der Waals surface area contributed by atoms with Crippen LogP contribution in [0.15, 0.2) is 66.8 Å². The highest BCUT2D eigenvalue weighted by Crippen LogP contribution is 2.29. The van der Waals surface area contributed by atoms with Crippen LogP contribution in [-0.4, -0.2) is 32.6 Å². The lowest BCUT2D eigenvalue weighted by atomic mass is 10.1. The summed E-state index contributed by atoms with van der Waals surface area (Å²) in [6.07, 6.45) is 5.84. The zero-order valence-electron chi connectivity index (χ0n) is 17.3. The highest BCUT2D eigenvalue weighted by molar-refractivity contribution is 6.01. The molecule has 0 atom stereocenters. The van der Waals surface area contributed by atoms with Crippen molar-refractivity contribution in [2.75, 3.05) is 20.8 Å². The quantitative estimate of drug-likeness (QED) is 0.220. The SMILES string of the molecule is C=CCNC(=O)C(C#N)=Cc1ccc(OC(=O)C=Cc2ccc(OC)cc2)c(OC)c1. The highest BCUT2D eigenvalue weighted by atomic mass is 16.6. The Kier molecular flexibility index (Phi) is 8.62. The first-order valence-electron chi connectivity index (χ1n) is 9.23. The molecule has 0 unspecified atom stereocenters. The molecular formula is C24H22N2O5. The summed E-state index contributed by atoms with van der Waals surface area (Å²) >= 11 is 0. The number of carbonyl (C=O) groups is 2. The number of ether oxygens (including phenoxy) is 3. The van der Waals surface area contributed by atoms with Crippen molar-refractivity contribution in [3.63, 3.8) is 0 Å². The van der Waals surface area contributed by atoms with Gasteiger partial charge in [0, 0.05) is 12.6 Å². The van der Waals surface area contributed by atoms with Crippen LogP contribution in [0.5, 0.6) is 17.2 Å². The summed E-state index contributed by atoms with van der Waals surface area (Å²) in [7, 11) is 3.00.